The molecule has 29 heavy (non-hydrogen) atoms. The van der Waals surface area contributed by atoms with Crippen molar-refractivity contribution >= 4 is 5.97 Å². The summed E-state index contributed by atoms with van der Waals surface area (Å²) >= 11 is 0. The molecule has 1 heterocycles. The van der Waals surface area contributed by atoms with Crippen molar-refractivity contribution in [2.24, 2.45) is 5.92 Å². The highest BCUT2D eigenvalue weighted by Gasteiger charge is 2.20. The van der Waals surface area contributed by atoms with Gasteiger partial charge in [0.1, 0.15) is 5.75 Å². The van der Waals surface area contributed by atoms with Crippen LogP contribution >= 0.6 is 0 Å². The molecule has 152 valence electrons. The molecule has 0 N–H and O–H groups in total. The van der Waals surface area contributed by atoms with E-state index in [1.807, 2.05) is 49.4 Å². The Hall–Kier alpha value is -3.12. The van der Waals surface area contributed by atoms with Crippen LogP contribution < -0.4 is 4.74 Å². The summed E-state index contributed by atoms with van der Waals surface area (Å²) in [4.78, 5) is 18.5. The molecular weight excluding hydrogens is 368 g/mol. The van der Waals surface area contributed by atoms with Gasteiger partial charge in [0.05, 0.1) is 32.9 Å². The van der Waals surface area contributed by atoms with Crippen molar-refractivity contribution in [3.05, 3.63) is 72.2 Å². The van der Waals surface area contributed by atoms with Gasteiger partial charge in [-0.3, -0.25) is 9.69 Å². The third kappa shape index (κ3) is 5.68. The second kappa shape index (κ2) is 9.89. The minimum absolute atomic E-state index is 0.227. The fourth-order valence-corrected chi connectivity index (χ4v) is 3.15. The average molecular weight is 394 g/mol. The minimum atomic E-state index is -0.250. The maximum atomic E-state index is 11.9. The van der Waals surface area contributed by atoms with Crippen LogP contribution in [0.25, 0.3) is 11.3 Å². The number of aromatic nitrogens is 1. The molecule has 0 spiro atoms. The van der Waals surface area contributed by atoms with Crippen LogP contribution in [0.1, 0.15) is 18.4 Å². The summed E-state index contributed by atoms with van der Waals surface area (Å²) < 4.78 is 16.0. The Balaban J connectivity index is 1.74. The first-order valence-corrected chi connectivity index (χ1v) is 9.52. The average Bonchev–Trinajstić information content (AvgIpc) is 3.22. The number of hydrogen-bond acceptors (Lipinski definition) is 6. The standard InChI is InChI=1S/C23H26N2O4/c1-17(23(26)28-3)14-25(15-18-7-5-4-6-8-18)16-22-24-13-21(29-22)19-9-11-20(27-2)12-10-19/h4-13,17H,14-16H2,1-3H3/t17-/m1/s1. The minimum Gasteiger partial charge on any atom is -0.497 e. The van der Waals surface area contributed by atoms with E-state index in [2.05, 4.69) is 22.0 Å². The van der Waals surface area contributed by atoms with Gasteiger partial charge in [0, 0.05) is 18.7 Å². The Morgan fingerprint density at radius 2 is 1.79 bits per heavy atom. The van der Waals surface area contributed by atoms with E-state index in [1.165, 1.54) is 7.11 Å². The zero-order chi connectivity index (χ0) is 20.6. The van der Waals surface area contributed by atoms with Crippen LogP contribution in [-0.4, -0.2) is 36.6 Å². The molecule has 0 saturated carbocycles. The fourth-order valence-electron chi connectivity index (χ4n) is 3.15. The predicted octanol–water partition coefficient (Wildman–Crippen LogP) is 4.16. The summed E-state index contributed by atoms with van der Waals surface area (Å²) in [6.07, 6.45) is 1.72. The Morgan fingerprint density at radius 1 is 1.07 bits per heavy atom. The number of methoxy groups -OCH3 is 2. The van der Waals surface area contributed by atoms with Gasteiger partial charge in [-0.25, -0.2) is 4.98 Å². The number of benzene rings is 2. The molecule has 0 aliphatic rings. The lowest BCUT2D eigenvalue weighted by Crippen LogP contribution is -2.31. The van der Waals surface area contributed by atoms with Gasteiger partial charge >= 0.3 is 5.97 Å². The maximum Gasteiger partial charge on any atom is 0.309 e. The highest BCUT2D eigenvalue weighted by Crippen LogP contribution is 2.24. The highest BCUT2D eigenvalue weighted by atomic mass is 16.5. The number of nitrogens with zero attached hydrogens (tertiary/aromatic N) is 2. The molecule has 0 bridgehead atoms. The summed E-state index contributed by atoms with van der Waals surface area (Å²) in [5.74, 6) is 1.61. The van der Waals surface area contributed by atoms with Gasteiger partial charge in [-0.1, -0.05) is 37.3 Å². The zero-order valence-electron chi connectivity index (χ0n) is 17.0. The van der Waals surface area contributed by atoms with Crippen LogP contribution in [0.3, 0.4) is 0 Å². The van der Waals surface area contributed by atoms with E-state index >= 15 is 0 Å². The van der Waals surface area contributed by atoms with Gasteiger partial charge in [-0.2, -0.15) is 0 Å². The van der Waals surface area contributed by atoms with Crippen LogP contribution in [0.5, 0.6) is 5.75 Å². The number of oxazole rings is 1. The van der Waals surface area contributed by atoms with Crippen molar-refractivity contribution in [1.29, 1.82) is 0 Å². The van der Waals surface area contributed by atoms with Crippen LogP contribution in [0.4, 0.5) is 0 Å². The van der Waals surface area contributed by atoms with E-state index in [0.717, 1.165) is 16.9 Å². The topological polar surface area (TPSA) is 64.8 Å². The summed E-state index contributed by atoms with van der Waals surface area (Å²) in [5.41, 5.74) is 2.09. The molecule has 3 rings (SSSR count). The number of carbonyl (C=O) groups is 1. The molecule has 2 aromatic carbocycles. The van der Waals surface area contributed by atoms with E-state index in [0.29, 0.717) is 31.3 Å². The first-order chi connectivity index (χ1) is 14.1. The molecule has 1 atom stereocenters. The van der Waals surface area contributed by atoms with Crippen molar-refractivity contribution in [3.63, 3.8) is 0 Å². The quantitative estimate of drug-likeness (QED) is 0.508. The van der Waals surface area contributed by atoms with Gasteiger partial charge in [-0.05, 0) is 29.8 Å². The lowest BCUT2D eigenvalue weighted by molar-refractivity contribution is -0.145. The van der Waals surface area contributed by atoms with Gasteiger partial charge in [0.25, 0.3) is 0 Å². The van der Waals surface area contributed by atoms with Crippen molar-refractivity contribution in [1.82, 2.24) is 9.88 Å². The lowest BCUT2D eigenvalue weighted by Gasteiger charge is -2.23. The van der Waals surface area contributed by atoms with Crippen molar-refractivity contribution < 1.29 is 18.7 Å². The molecule has 0 unspecified atom stereocenters. The fraction of sp³-hybridized carbons (Fsp3) is 0.304. The molecule has 0 aliphatic heterocycles. The van der Waals surface area contributed by atoms with E-state index in [-0.39, 0.29) is 11.9 Å². The second-order valence-electron chi connectivity index (χ2n) is 6.93. The van der Waals surface area contributed by atoms with Crippen LogP contribution in [0, 0.1) is 5.92 Å². The molecule has 0 radical (unpaired) electrons. The number of carbonyl (C=O) groups excluding carboxylic acids is 1. The zero-order valence-corrected chi connectivity index (χ0v) is 17.0. The predicted molar refractivity (Wildman–Crippen MR) is 110 cm³/mol. The molecule has 6 heteroatoms. The summed E-state index contributed by atoms with van der Waals surface area (Å²) in [6, 6.07) is 17.8. The number of hydrogen-bond donors (Lipinski definition) is 0. The number of rotatable bonds is 9. The van der Waals surface area contributed by atoms with Crippen LogP contribution in [0.2, 0.25) is 0 Å². The van der Waals surface area contributed by atoms with Crippen molar-refractivity contribution in [2.75, 3.05) is 20.8 Å². The first kappa shape index (κ1) is 20.6. The number of ether oxygens (including phenoxy) is 2. The van der Waals surface area contributed by atoms with E-state index in [9.17, 15) is 4.79 Å². The van der Waals surface area contributed by atoms with Gasteiger partial charge in [0.15, 0.2) is 5.76 Å². The third-order valence-electron chi connectivity index (χ3n) is 4.67. The van der Waals surface area contributed by atoms with Gasteiger partial charge < -0.3 is 13.9 Å². The van der Waals surface area contributed by atoms with E-state index < -0.39 is 0 Å². The van der Waals surface area contributed by atoms with Gasteiger partial charge in [0.2, 0.25) is 5.89 Å². The third-order valence-corrected chi connectivity index (χ3v) is 4.67. The first-order valence-electron chi connectivity index (χ1n) is 9.52. The van der Waals surface area contributed by atoms with E-state index in [4.69, 9.17) is 13.9 Å². The Bertz CT molecular complexity index is 906. The van der Waals surface area contributed by atoms with Crippen molar-refractivity contribution in [2.45, 2.75) is 20.0 Å². The SMILES string of the molecule is COC(=O)[C@H](C)CN(Cc1ccccc1)Cc1ncc(-c2ccc(OC)cc2)o1. The molecule has 0 fully saturated rings. The largest absolute Gasteiger partial charge is 0.497 e. The Morgan fingerprint density at radius 3 is 2.45 bits per heavy atom. The smallest absolute Gasteiger partial charge is 0.309 e. The monoisotopic (exact) mass is 394 g/mol. The number of esters is 1. The lowest BCUT2D eigenvalue weighted by atomic mass is 10.1. The molecule has 0 amide bonds. The molecular formula is C23H26N2O4. The Labute approximate surface area is 171 Å². The summed E-state index contributed by atoms with van der Waals surface area (Å²) in [6.45, 7) is 3.58. The molecule has 1 aromatic heterocycles. The maximum absolute atomic E-state index is 11.9. The summed E-state index contributed by atoms with van der Waals surface area (Å²) in [5, 5.41) is 0. The van der Waals surface area contributed by atoms with Crippen molar-refractivity contribution in [3.8, 4) is 17.1 Å². The molecule has 3 aromatic rings. The van der Waals surface area contributed by atoms with Crippen LogP contribution in [-0.2, 0) is 22.6 Å². The molecule has 6 nitrogen and oxygen atoms in total. The van der Waals surface area contributed by atoms with Gasteiger partial charge in [-0.15, -0.1) is 0 Å². The second-order valence-corrected chi connectivity index (χ2v) is 6.93. The molecule has 0 aliphatic carbocycles. The van der Waals surface area contributed by atoms with E-state index in [1.54, 1.807) is 13.3 Å². The normalized spacial score (nSPS) is 12.0. The summed E-state index contributed by atoms with van der Waals surface area (Å²) in [7, 11) is 3.05. The Kier molecular flexibility index (Phi) is 7.03. The van der Waals surface area contributed by atoms with Crippen LogP contribution in [0.15, 0.2) is 65.2 Å². The highest BCUT2D eigenvalue weighted by molar-refractivity contribution is 5.72. The molecule has 0 saturated heterocycles.